The van der Waals surface area contributed by atoms with E-state index < -0.39 is 0 Å². The molecule has 1 saturated heterocycles. The van der Waals surface area contributed by atoms with Gasteiger partial charge in [-0.05, 0) is 55.7 Å². The second kappa shape index (κ2) is 6.98. The monoisotopic (exact) mass is 406 g/mol. The molecule has 6 nitrogen and oxygen atoms in total. The maximum absolute atomic E-state index is 13.2. The molecule has 3 aliphatic heterocycles. The number of hydrogen-bond donors (Lipinski definition) is 0. The Morgan fingerprint density at radius 3 is 2.50 bits per heavy atom. The predicted octanol–water partition coefficient (Wildman–Crippen LogP) is 2.91. The van der Waals surface area contributed by atoms with Crippen LogP contribution in [0, 0.1) is 5.92 Å². The second-order valence-electron chi connectivity index (χ2n) is 9.12. The van der Waals surface area contributed by atoms with Crippen LogP contribution in [0.1, 0.15) is 48.0 Å². The van der Waals surface area contributed by atoms with E-state index in [9.17, 15) is 4.79 Å². The third-order valence-electron chi connectivity index (χ3n) is 7.34. The number of pyridine rings is 1. The van der Waals surface area contributed by atoms with Gasteiger partial charge in [-0.15, -0.1) is 0 Å². The first kappa shape index (κ1) is 18.2. The molecular weight excluding hydrogens is 378 g/mol. The Labute approximate surface area is 177 Å². The first-order valence-electron chi connectivity index (χ1n) is 11.2. The fourth-order valence-electron chi connectivity index (χ4n) is 5.45. The van der Waals surface area contributed by atoms with Crippen molar-refractivity contribution >= 4 is 5.91 Å². The number of aromatic nitrogens is 1. The Kier molecular flexibility index (Phi) is 4.23. The fourth-order valence-corrected chi connectivity index (χ4v) is 5.45. The van der Waals surface area contributed by atoms with Gasteiger partial charge in [0.2, 0.25) is 13.5 Å². The van der Waals surface area contributed by atoms with Gasteiger partial charge in [0.15, 0.2) is 23.9 Å². The standard InChI is InChI=1S/C24H28N3O3/c28-23-19-14-21-22(30-17-29-21)15-20(19)24(7-8-24)27(23)13-6-18-4-11-26(12-5-18)16-25-9-2-1-3-10-25/h1-3,9-10,14-15,18H,4-8,11-13,16-17H2/q+1. The lowest BCUT2D eigenvalue weighted by Crippen LogP contribution is -2.46. The normalized spacial score (nSPS) is 22.0. The van der Waals surface area contributed by atoms with Gasteiger partial charge < -0.3 is 14.4 Å². The van der Waals surface area contributed by atoms with Crippen molar-refractivity contribution in [1.29, 1.82) is 0 Å². The van der Waals surface area contributed by atoms with Gasteiger partial charge in [0, 0.05) is 37.3 Å². The molecule has 6 heteroatoms. The van der Waals surface area contributed by atoms with Crippen molar-refractivity contribution in [2.75, 3.05) is 26.4 Å². The highest BCUT2D eigenvalue weighted by Gasteiger charge is 2.58. The van der Waals surface area contributed by atoms with Crippen molar-refractivity contribution in [2.45, 2.75) is 44.3 Å². The van der Waals surface area contributed by atoms with E-state index in [2.05, 4.69) is 51.0 Å². The van der Waals surface area contributed by atoms with E-state index in [1.54, 1.807) is 0 Å². The Balaban J connectivity index is 1.08. The minimum atomic E-state index is -0.0714. The van der Waals surface area contributed by atoms with Crippen LogP contribution in [0.3, 0.4) is 0 Å². The highest BCUT2D eigenvalue weighted by Crippen LogP contribution is 2.58. The number of carbonyl (C=O) groups excluding carboxylic acids is 1. The predicted molar refractivity (Wildman–Crippen MR) is 110 cm³/mol. The molecule has 0 unspecified atom stereocenters. The average molecular weight is 407 g/mol. The van der Waals surface area contributed by atoms with Crippen LogP contribution < -0.4 is 14.0 Å². The number of benzene rings is 1. The summed E-state index contributed by atoms with van der Waals surface area (Å²) in [6.07, 6.45) is 9.92. The van der Waals surface area contributed by atoms with Gasteiger partial charge in [-0.25, -0.2) is 4.90 Å². The SMILES string of the molecule is O=C1c2cc3c(cc2C2(CC2)N1CCC1CCN(C[n+]2ccccc2)CC1)OCO3. The highest BCUT2D eigenvalue weighted by atomic mass is 16.7. The molecule has 1 amide bonds. The fraction of sp³-hybridized carbons (Fsp3) is 0.500. The van der Waals surface area contributed by atoms with Crippen molar-refractivity contribution in [2.24, 2.45) is 5.92 Å². The summed E-state index contributed by atoms with van der Waals surface area (Å²) < 4.78 is 13.3. The third kappa shape index (κ3) is 2.97. The number of carbonyl (C=O) groups is 1. The number of rotatable bonds is 5. The van der Waals surface area contributed by atoms with Gasteiger partial charge in [0.25, 0.3) is 5.91 Å². The Hall–Kier alpha value is -2.60. The lowest BCUT2D eigenvalue weighted by Gasteiger charge is -2.32. The average Bonchev–Trinajstić information content (AvgIpc) is 3.38. The summed E-state index contributed by atoms with van der Waals surface area (Å²) in [5.74, 6) is 2.38. The van der Waals surface area contributed by atoms with Gasteiger partial charge in [-0.3, -0.25) is 4.79 Å². The van der Waals surface area contributed by atoms with Crippen molar-refractivity contribution in [3.8, 4) is 11.5 Å². The number of hydrogen-bond acceptors (Lipinski definition) is 4. The molecule has 2 fully saturated rings. The molecule has 1 aromatic heterocycles. The molecule has 4 heterocycles. The first-order chi connectivity index (χ1) is 14.7. The van der Waals surface area contributed by atoms with Crippen LogP contribution in [0.5, 0.6) is 11.5 Å². The third-order valence-corrected chi connectivity index (χ3v) is 7.34. The van der Waals surface area contributed by atoms with E-state index in [4.69, 9.17) is 9.47 Å². The van der Waals surface area contributed by atoms with Crippen LogP contribution in [0.4, 0.5) is 0 Å². The lowest BCUT2D eigenvalue weighted by molar-refractivity contribution is -0.716. The quantitative estimate of drug-likeness (QED) is 0.717. The maximum Gasteiger partial charge on any atom is 0.255 e. The van der Waals surface area contributed by atoms with Gasteiger partial charge in [0.1, 0.15) is 0 Å². The topological polar surface area (TPSA) is 45.9 Å². The van der Waals surface area contributed by atoms with Crippen molar-refractivity contribution in [3.63, 3.8) is 0 Å². The molecule has 1 spiro atoms. The summed E-state index contributed by atoms with van der Waals surface area (Å²) in [5.41, 5.74) is 1.91. The zero-order valence-electron chi connectivity index (χ0n) is 17.3. The zero-order chi connectivity index (χ0) is 20.1. The number of nitrogens with zero attached hydrogens (tertiary/aromatic N) is 3. The molecule has 4 aliphatic rings. The van der Waals surface area contributed by atoms with Gasteiger partial charge in [-0.2, -0.15) is 4.57 Å². The molecule has 1 aliphatic carbocycles. The van der Waals surface area contributed by atoms with Gasteiger partial charge in [0.05, 0.1) is 5.54 Å². The summed E-state index contributed by atoms with van der Waals surface area (Å²) in [4.78, 5) is 17.9. The number of amides is 1. The van der Waals surface area contributed by atoms with Crippen molar-refractivity contribution in [1.82, 2.24) is 9.80 Å². The smallest absolute Gasteiger partial charge is 0.255 e. The van der Waals surface area contributed by atoms with E-state index in [1.165, 1.54) is 12.8 Å². The van der Waals surface area contributed by atoms with Crippen LogP contribution >= 0.6 is 0 Å². The van der Waals surface area contributed by atoms with Crippen molar-refractivity contribution < 1.29 is 18.8 Å². The first-order valence-corrected chi connectivity index (χ1v) is 11.2. The number of ether oxygens (including phenoxy) is 2. The number of piperidine rings is 1. The molecule has 0 radical (unpaired) electrons. The molecule has 2 aromatic rings. The molecule has 0 atom stereocenters. The summed E-state index contributed by atoms with van der Waals surface area (Å²) in [6, 6.07) is 10.2. The molecular formula is C24H28N3O3+. The van der Waals surface area contributed by atoms with E-state index in [0.717, 1.165) is 62.4 Å². The Morgan fingerprint density at radius 2 is 1.77 bits per heavy atom. The minimum Gasteiger partial charge on any atom is -0.454 e. The van der Waals surface area contributed by atoms with Gasteiger partial charge in [-0.1, -0.05) is 6.07 Å². The van der Waals surface area contributed by atoms with Crippen LogP contribution in [-0.2, 0) is 12.2 Å². The van der Waals surface area contributed by atoms with Crippen LogP contribution in [0.15, 0.2) is 42.7 Å². The summed E-state index contributed by atoms with van der Waals surface area (Å²) in [6.45, 7) is 4.34. The molecule has 0 N–H and O–H groups in total. The zero-order valence-corrected chi connectivity index (χ0v) is 17.3. The van der Waals surface area contributed by atoms with E-state index in [0.29, 0.717) is 11.7 Å². The molecule has 0 bridgehead atoms. The molecule has 1 saturated carbocycles. The van der Waals surface area contributed by atoms with Crippen LogP contribution in [0.25, 0.3) is 0 Å². The Morgan fingerprint density at radius 1 is 1.03 bits per heavy atom. The second-order valence-corrected chi connectivity index (χ2v) is 9.12. The maximum atomic E-state index is 13.2. The van der Waals surface area contributed by atoms with E-state index in [1.807, 2.05) is 6.07 Å². The number of likely N-dealkylation sites (tertiary alicyclic amines) is 1. The lowest BCUT2D eigenvalue weighted by atomic mass is 9.93. The van der Waals surface area contributed by atoms with Crippen molar-refractivity contribution in [3.05, 3.63) is 53.9 Å². The minimum absolute atomic E-state index is 0.0714. The van der Waals surface area contributed by atoms with Crippen LogP contribution in [-0.4, -0.2) is 42.1 Å². The summed E-state index contributed by atoms with van der Waals surface area (Å²) in [7, 11) is 0. The van der Waals surface area contributed by atoms with E-state index in [-0.39, 0.29) is 18.2 Å². The van der Waals surface area contributed by atoms with E-state index >= 15 is 0 Å². The Bertz CT molecular complexity index is 965. The molecule has 6 rings (SSSR count). The summed E-state index contributed by atoms with van der Waals surface area (Å²) >= 11 is 0. The van der Waals surface area contributed by atoms with Gasteiger partial charge >= 0.3 is 0 Å². The highest BCUT2D eigenvalue weighted by molar-refractivity contribution is 6.01. The number of fused-ring (bicyclic) bond motifs is 3. The molecule has 156 valence electrons. The largest absolute Gasteiger partial charge is 0.454 e. The van der Waals surface area contributed by atoms with Crippen LogP contribution in [0.2, 0.25) is 0 Å². The molecule has 1 aromatic carbocycles. The summed E-state index contributed by atoms with van der Waals surface area (Å²) in [5, 5.41) is 0. The molecule has 30 heavy (non-hydrogen) atoms.